The smallest absolute Gasteiger partial charge is 0.250 e. The van der Waals surface area contributed by atoms with Crippen LogP contribution in [-0.2, 0) is 11.3 Å². The number of thioether (sulfide) groups is 1. The molecule has 32 heavy (non-hydrogen) atoms. The van der Waals surface area contributed by atoms with E-state index in [-0.39, 0.29) is 11.7 Å². The van der Waals surface area contributed by atoms with Crippen molar-refractivity contribution < 1.29 is 4.79 Å². The molecule has 0 unspecified atom stereocenters. The summed E-state index contributed by atoms with van der Waals surface area (Å²) in [6.07, 6.45) is 3.66. The molecule has 0 fully saturated rings. The van der Waals surface area contributed by atoms with Crippen LogP contribution in [0.4, 0.5) is 0 Å². The Kier molecular flexibility index (Phi) is 7.15. The first-order valence-corrected chi connectivity index (χ1v) is 11.3. The van der Waals surface area contributed by atoms with E-state index in [2.05, 4.69) is 33.3 Å². The molecular weight excluding hydrogens is 416 g/mol. The lowest BCUT2D eigenvalue weighted by Gasteiger charge is -2.09. The summed E-state index contributed by atoms with van der Waals surface area (Å²) in [6, 6.07) is 28.3. The van der Waals surface area contributed by atoms with E-state index in [0.29, 0.717) is 6.54 Å². The van der Waals surface area contributed by atoms with Crippen molar-refractivity contribution in [1.82, 2.24) is 15.0 Å². The zero-order valence-electron chi connectivity index (χ0n) is 17.8. The lowest BCUT2D eigenvalue weighted by Crippen LogP contribution is -2.20. The molecule has 0 spiro atoms. The van der Waals surface area contributed by atoms with Crippen molar-refractivity contribution in [3.05, 3.63) is 102 Å². The van der Waals surface area contributed by atoms with E-state index < -0.39 is 0 Å². The van der Waals surface area contributed by atoms with E-state index in [4.69, 9.17) is 4.98 Å². The molecule has 4 aromatic rings. The van der Waals surface area contributed by atoms with Gasteiger partial charge in [-0.05, 0) is 35.8 Å². The zero-order valence-corrected chi connectivity index (χ0v) is 18.6. The summed E-state index contributed by atoms with van der Waals surface area (Å²) in [4.78, 5) is 17.1. The number of carbonyl (C=O) groups is 1. The van der Waals surface area contributed by atoms with E-state index >= 15 is 0 Å². The van der Waals surface area contributed by atoms with Gasteiger partial charge < -0.3 is 4.57 Å². The highest BCUT2D eigenvalue weighted by Gasteiger charge is 2.13. The Labute approximate surface area is 191 Å². The highest BCUT2D eigenvalue weighted by molar-refractivity contribution is 7.99. The van der Waals surface area contributed by atoms with Gasteiger partial charge in [0.15, 0.2) is 5.16 Å². The van der Waals surface area contributed by atoms with Crippen LogP contribution >= 0.6 is 11.8 Å². The van der Waals surface area contributed by atoms with Crippen LogP contribution in [0.25, 0.3) is 17.1 Å². The summed E-state index contributed by atoms with van der Waals surface area (Å²) in [5.74, 6) is 0.0637. The minimum atomic E-state index is -0.169. The number of carbonyl (C=O) groups excluding carboxylic acids is 1. The average Bonchev–Trinajstić information content (AvgIpc) is 3.16. The predicted molar refractivity (Wildman–Crippen MR) is 133 cm³/mol. The number of hydrogen-bond donors (Lipinski definition) is 1. The Morgan fingerprint density at radius 1 is 1.00 bits per heavy atom. The molecule has 1 N–H and O–H groups in total. The van der Waals surface area contributed by atoms with Crippen molar-refractivity contribution in [3.8, 4) is 0 Å². The van der Waals surface area contributed by atoms with Crippen molar-refractivity contribution in [1.29, 1.82) is 0 Å². The fraction of sp³-hybridized carbons (Fsp3) is 0.115. The van der Waals surface area contributed by atoms with Crippen LogP contribution in [0.5, 0.6) is 0 Å². The van der Waals surface area contributed by atoms with Gasteiger partial charge in [-0.3, -0.25) is 4.79 Å². The van der Waals surface area contributed by atoms with Gasteiger partial charge in [0.25, 0.3) is 5.91 Å². The SMILES string of the molecule is C/C(C=NNC(=O)CSc1nc2ccccc2n1Cc1ccccc1)=C/c1ccccc1. The van der Waals surface area contributed by atoms with Crippen LogP contribution in [0.15, 0.2) is 101 Å². The minimum Gasteiger partial charge on any atom is -0.314 e. The number of fused-ring (bicyclic) bond motifs is 1. The maximum absolute atomic E-state index is 12.3. The number of para-hydroxylation sites is 2. The van der Waals surface area contributed by atoms with Crippen LogP contribution in [-0.4, -0.2) is 27.4 Å². The van der Waals surface area contributed by atoms with Crippen LogP contribution < -0.4 is 5.43 Å². The number of aromatic nitrogens is 2. The number of hydrogen-bond acceptors (Lipinski definition) is 4. The van der Waals surface area contributed by atoms with E-state index in [9.17, 15) is 4.79 Å². The van der Waals surface area contributed by atoms with E-state index in [1.807, 2.05) is 79.7 Å². The number of imidazole rings is 1. The van der Waals surface area contributed by atoms with Crippen molar-refractivity contribution >= 4 is 41.0 Å². The fourth-order valence-electron chi connectivity index (χ4n) is 3.30. The van der Waals surface area contributed by atoms with Crippen molar-refractivity contribution in [3.63, 3.8) is 0 Å². The lowest BCUT2D eigenvalue weighted by molar-refractivity contribution is -0.118. The first kappa shape index (κ1) is 21.6. The van der Waals surface area contributed by atoms with Gasteiger partial charge in [0.2, 0.25) is 0 Å². The third-order valence-corrected chi connectivity index (χ3v) is 5.76. The summed E-state index contributed by atoms with van der Waals surface area (Å²) in [5, 5.41) is 4.89. The van der Waals surface area contributed by atoms with Gasteiger partial charge in [-0.2, -0.15) is 5.10 Å². The van der Waals surface area contributed by atoms with Crippen LogP contribution in [0, 0.1) is 0 Å². The number of amides is 1. The molecule has 0 radical (unpaired) electrons. The normalized spacial score (nSPS) is 11.8. The molecule has 3 aromatic carbocycles. The second-order valence-corrected chi connectivity index (χ2v) is 8.28. The van der Waals surface area contributed by atoms with Crippen molar-refractivity contribution in [2.24, 2.45) is 5.10 Å². The molecule has 5 nitrogen and oxygen atoms in total. The number of allylic oxidation sites excluding steroid dienone is 1. The summed E-state index contributed by atoms with van der Waals surface area (Å²) in [7, 11) is 0. The van der Waals surface area contributed by atoms with Gasteiger partial charge >= 0.3 is 0 Å². The second kappa shape index (κ2) is 10.6. The summed E-state index contributed by atoms with van der Waals surface area (Å²) < 4.78 is 2.15. The molecule has 0 aliphatic rings. The highest BCUT2D eigenvalue weighted by atomic mass is 32.2. The summed E-state index contributed by atoms with van der Waals surface area (Å²) >= 11 is 1.41. The number of rotatable bonds is 8. The monoisotopic (exact) mass is 440 g/mol. The lowest BCUT2D eigenvalue weighted by atomic mass is 10.1. The summed E-state index contributed by atoms with van der Waals surface area (Å²) in [6.45, 7) is 2.65. The second-order valence-electron chi connectivity index (χ2n) is 7.34. The number of nitrogens with zero attached hydrogens (tertiary/aromatic N) is 3. The molecule has 0 bridgehead atoms. The molecule has 0 saturated carbocycles. The third-order valence-electron chi connectivity index (χ3n) is 4.79. The number of benzene rings is 3. The molecule has 0 atom stereocenters. The number of nitrogens with one attached hydrogen (secondary N) is 1. The summed E-state index contributed by atoms with van der Waals surface area (Å²) in [5.41, 5.74) is 7.81. The van der Waals surface area contributed by atoms with Crippen LogP contribution in [0.2, 0.25) is 0 Å². The fourth-order valence-corrected chi connectivity index (χ4v) is 4.11. The van der Waals surface area contributed by atoms with Gasteiger partial charge in [0.1, 0.15) is 0 Å². The Hall–Kier alpha value is -3.64. The van der Waals surface area contributed by atoms with Gasteiger partial charge in [-0.15, -0.1) is 0 Å². The zero-order chi connectivity index (χ0) is 22.2. The van der Waals surface area contributed by atoms with Gasteiger partial charge in [0, 0.05) is 0 Å². The Morgan fingerprint density at radius 3 is 2.47 bits per heavy atom. The molecular formula is C26H24N4OS. The quantitative estimate of drug-likeness (QED) is 0.227. The molecule has 4 rings (SSSR count). The molecule has 0 aliphatic carbocycles. The van der Waals surface area contributed by atoms with Gasteiger partial charge in [-0.25, -0.2) is 10.4 Å². The van der Waals surface area contributed by atoms with Gasteiger partial charge in [0.05, 0.1) is 29.5 Å². The molecule has 1 aromatic heterocycles. The topological polar surface area (TPSA) is 59.3 Å². The van der Waals surface area contributed by atoms with Crippen LogP contribution in [0.1, 0.15) is 18.1 Å². The maximum atomic E-state index is 12.3. The van der Waals surface area contributed by atoms with E-state index in [0.717, 1.165) is 27.3 Å². The maximum Gasteiger partial charge on any atom is 0.250 e. The molecule has 6 heteroatoms. The van der Waals surface area contributed by atoms with E-state index in [1.54, 1.807) is 6.21 Å². The van der Waals surface area contributed by atoms with E-state index in [1.165, 1.54) is 17.3 Å². The molecule has 0 aliphatic heterocycles. The molecule has 1 amide bonds. The number of hydrazone groups is 1. The average molecular weight is 441 g/mol. The van der Waals surface area contributed by atoms with Gasteiger partial charge in [-0.1, -0.05) is 90.6 Å². The Balaban J connectivity index is 1.40. The third kappa shape index (κ3) is 5.74. The standard InChI is InChI=1S/C26H24N4OS/c1-20(16-21-10-4-2-5-11-21)17-27-29-25(31)19-32-26-28-23-14-8-9-15-24(23)30(26)18-22-12-6-3-7-13-22/h2-17H,18-19H2,1H3,(H,29,31)/b20-16-,27-17?. The molecule has 160 valence electrons. The van der Waals surface area contributed by atoms with Crippen molar-refractivity contribution in [2.75, 3.05) is 5.75 Å². The first-order chi connectivity index (χ1) is 15.7. The van der Waals surface area contributed by atoms with Crippen LogP contribution in [0.3, 0.4) is 0 Å². The minimum absolute atomic E-state index is 0.169. The Morgan fingerprint density at radius 2 is 1.69 bits per heavy atom. The first-order valence-electron chi connectivity index (χ1n) is 10.4. The largest absolute Gasteiger partial charge is 0.314 e. The molecule has 0 saturated heterocycles. The Bertz CT molecular complexity index is 1250. The highest BCUT2D eigenvalue weighted by Crippen LogP contribution is 2.25. The molecule has 1 heterocycles. The predicted octanol–water partition coefficient (Wildman–Crippen LogP) is 5.38. The van der Waals surface area contributed by atoms with Crippen molar-refractivity contribution in [2.45, 2.75) is 18.6 Å².